The summed E-state index contributed by atoms with van der Waals surface area (Å²) >= 11 is 0. The molecular formula is C16H33N3O. The van der Waals surface area contributed by atoms with Crippen molar-refractivity contribution in [3.63, 3.8) is 0 Å². The van der Waals surface area contributed by atoms with Crippen LogP contribution in [-0.4, -0.2) is 60.5 Å². The van der Waals surface area contributed by atoms with Crippen molar-refractivity contribution < 1.29 is 4.79 Å². The van der Waals surface area contributed by atoms with E-state index in [-0.39, 0.29) is 11.9 Å². The zero-order valence-corrected chi connectivity index (χ0v) is 13.8. The Hall–Kier alpha value is -0.610. The molecule has 1 heterocycles. The smallest absolute Gasteiger partial charge is 0.239 e. The van der Waals surface area contributed by atoms with Gasteiger partial charge in [-0.15, -0.1) is 0 Å². The van der Waals surface area contributed by atoms with E-state index in [4.69, 9.17) is 0 Å². The van der Waals surface area contributed by atoms with Crippen LogP contribution in [-0.2, 0) is 4.79 Å². The predicted molar refractivity (Wildman–Crippen MR) is 84.9 cm³/mol. The molecule has 1 amide bonds. The molecule has 20 heavy (non-hydrogen) atoms. The Labute approximate surface area is 124 Å². The van der Waals surface area contributed by atoms with Gasteiger partial charge in [0.1, 0.15) is 0 Å². The molecule has 1 aliphatic rings. The van der Waals surface area contributed by atoms with Gasteiger partial charge in [-0.05, 0) is 39.8 Å². The van der Waals surface area contributed by atoms with E-state index in [9.17, 15) is 4.79 Å². The van der Waals surface area contributed by atoms with Gasteiger partial charge >= 0.3 is 0 Å². The lowest BCUT2D eigenvalue weighted by Gasteiger charge is -2.29. The first kappa shape index (κ1) is 17.4. The average molecular weight is 283 g/mol. The molecule has 1 fully saturated rings. The molecule has 4 heteroatoms. The molecule has 0 aromatic rings. The summed E-state index contributed by atoms with van der Waals surface area (Å²) in [5.41, 5.74) is 0. The van der Waals surface area contributed by atoms with Crippen LogP contribution < -0.4 is 5.32 Å². The Kier molecular flexibility index (Phi) is 8.15. The lowest BCUT2D eigenvalue weighted by Crippen LogP contribution is -2.50. The molecule has 0 aliphatic carbocycles. The van der Waals surface area contributed by atoms with Crippen molar-refractivity contribution in [1.82, 2.24) is 15.1 Å². The summed E-state index contributed by atoms with van der Waals surface area (Å²) < 4.78 is 0. The van der Waals surface area contributed by atoms with Crippen LogP contribution in [0.3, 0.4) is 0 Å². The number of hydrogen-bond acceptors (Lipinski definition) is 3. The number of nitrogens with zero attached hydrogens (tertiary/aromatic N) is 2. The van der Waals surface area contributed by atoms with E-state index in [1.165, 1.54) is 12.8 Å². The van der Waals surface area contributed by atoms with E-state index >= 15 is 0 Å². The fraction of sp³-hybridized carbons (Fsp3) is 0.938. The summed E-state index contributed by atoms with van der Waals surface area (Å²) in [4.78, 5) is 16.9. The molecule has 2 unspecified atom stereocenters. The highest BCUT2D eigenvalue weighted by molar-refractivity contribution is 5.81. The van der Waals surface area contributed by atoms with Gasteiger partial charge in [-0.1, -0.05) is 26.7 Å². The fourth-order valence-electron chi connectivity index (χ4n) is 2.98. The second-order valence-electron chi connectivity index (χ2n) is 6.01. The van der Waals surface area contributed by atoms with Crippen LogP contribution >= 0.6 is 0 Å². The second-order valence-corrected chi connectivity index (χ2v) is 6.01. The fourth-order valence-corrected chi connectivity index (χ4v) is 2.98. The van der Waals surface area contributed by atoms with E-state index in [0.29, 0.717) is 6.04 Å². The topological polar surface area (TPSA) is 35.6 Å². The van der Waals surface area contributed by atoms with Gasteiger partial charge in [-0.25, -0.2) is 0 Å². The third-order valence-electron chi connectivity index (χ3n) is 4.25. The van der Waals surface area contributed by atoms with Crippen LogP contribution in [0.4, 0.5) is 0 Å². The number of amides is 1. The first-order valence-corrected chi connectivity index (χ1v) is 8.35. The quantitative estimate of drug-likeness (QED) is 0.777. The van der Waals surface area contributed by atoms with Gasteiger partial charge in [-0.3, -0.25) is 4.79 Å². The van der Waals surface area contributed by atoms with E-state index in [1.54, 1.807) is 0 Å². The minimum atomic E-state index is -0.0707. The highest BCUT2D eigenvalue weighted by Gasteiger charge is 2.22. The molecule has 118 valence electrons. The van der Waals surface area contributed by atoms with Crippen LogP contribution in [0.5, 0.6) is 0 Å². The van der Waals surface area contributed by atoms with Crippen molar-refractivity contribution >= 4 is 5.91 Å². The number of likely N-dealkylation sites (tertiary alicyclic amines) is 1. The largest absolute Gasteiger partial charge is 0.341 e. The van der Waals surface area contributed by atoms with Gasteiger partial charge in [-0.2, -0.15) is 0 Å². The molecule has 0 spiro atoms. The molecule has 0 aromatic heterocycles. The highest BCUT2D eigenvalue weighted by atomic mass is 16.2. The maximum atomic E-state index is 12.5. The summed E-state index contributed by atoms with van der Waals surface area (Å²) in [6, 6.07) is 0.277. The van der Waals surface area contributed by atoms with Gasteiger partial charge in [0.25, 0.3) is 0 Å². The van der Waals surface area contributed by atoms with Crippen LogP contribution in [0, 0.1) is 0 Å². The van der Waals surface area contributed by atoms with Crippen molar-refractivity contribution in [2.45, 2.75) is 65.5 Å². The van der Waals surface area contributed by atoms with Crippen molar-refractivity contribution in [3.8, 4) is 0 Å². The molecular weight excluding hydrogens is 250 g/mol. The normalized spacial score (nSPS) is 19.8. The summed E-state index contributed by atoms with van der Waals surface area (Å²) in [5, 5.41) is 3.46. The zero-order chi connectivity index (χ0) is 15.0. The van der Waals surface area contributed by atoms with E-state index < -0.39 is 0 Å². The molecule has 0 radical (unpaired) electrons. The lowest BCUT2D eigenvalue weighted by molar-refractivity contribution is -0.133. The van der Waals surface area contributed by atoms with Crippen LogP contribution in [0.1, 0.15) is 53.4 Å². The lowest BCUT2D eigenvalue weighted by atomic mass is 10.2. The number of hydrogen-bond donors (Lipinski definition) is 1. The monoisotopic (exact) mass is 283 g/mol. The molecule has 1 saturated heterocycles. The summed E-state index contributed by atoms with van der Waals surface area (Å²) in [6.45, 7) is 13.6. The first-order chi connectivity index (χ1) is 9.58. The van der Waals surface area contributed by atoms with Crippen LogP contribution in [0.2, 0.25) is 0 Å². The van der Waals surface area contributed by atoms with Crippen LogP contribution in [0.25, 0.3) is 0 Å². The summed E-state index contributed by atoms with van der Waals surface area (Å²) in [7, 11) is 0. The van der Waals surface area contributed by atoms with Gasteiger partial charge in [0.2, 0.25) is 5.91 Å². The van der Waals surface area contributed by atoms with Crippen molar-refractivity contribution in [3.05, 3.63) is 0 Å². The Bertz CT molecular complexity index is 271. The van der Waals surface area contributed by atoms with Gasteiger partial charge in [0, 0.05) is 25.7 Å². The third kappa shape index (κ3) is 5.80. The van der Waals surface area contributed by atoms with E-state index in [1.807, 2.05) is 6.92 Å². The maximum absolute atomic E-state index is 12.5. The summed E-state index contributed by atoms with van der Waals surface area (Å²) in [6.07, 6.45) is 4.86. The standard InChI is InChI=1S/C16H33N3O/c1-5-18(6-2)13-14(3)17-15(4)16(20)19-11-9-7-8-10-12-19/h14-15,17H,5-13H2,1-4H3. The third-order valence-corrected chi connectivity index (χ3v) is 4.25. The molecule has 1 N–H and O–H groups in total. The van der Waals surface area contributed by atoms with Gasteiger partial charge in [0.15, 0.2) is 0 Å². The highest BCUT2D eigenvalue weighted by Crippen LogP contribution is 2.11. The minimum Gasteiger partial charge on any atom is -0.341 e. The van der Waals surface area contributed by atoms with Crippen molar-refractivity contribution in [2.24, 2.45) is 0 Å². The van der Waals surface area contributed by atoms with Gasteiger partial charge in [0.05, 0.1) is 6.04 Å². The number of rotatable bonds is 7. The molecule has 1 rings (SSSR count). The number of nitrogens with one attached hydrogen (secondary N) is 1. The number of carbonyl (C=O) groups is 1. The van der Waals surface area contributed by atoms with Crippen LogP contribution in [0.15, 0.2) is 0 Å². The number of likely N-dealkylation sites (N-methyl/N-ethyl adjacent to an activating group) is 1. The minimum absolute atomic E-state index is 0.0707. The van der Waals surface area contributed by atoms with Crippen molar-refractivity contribution in [2.75, 3.05) is 32.7 Å². The SMILES string of the molecule is CCN(CC)CC(C)NC(C)C(=O)N1CCCCCC1. The molecule has 0 aromatic carbocycles. The Morgan fingerprint density at radius 3 is 2.15 bits per heavy atom. The maximum Gasteiger partial charge on any atom is 0.239 e. The average Bonchev–Trinajstić information content (AvgIpc) is 2.72. The Balaban J connectivity index is 2.39. The predicted octanol–water partition coefficient (Wildman–Crippen LogP) is 2.10. The Morgan fingerprint density at radius 2 is 1.65 bits per heavy atom. The molecule has 0 saturated carbocycles. The molecule has 4 nitrogen and oxygen atoms in total. The zero-order valence-electron chi connectivity index (χ0n) is 13.8. The summed E-state index contributed by atoms with van der Waals surface area (Å²) in [5.74, 6) is 0.276. The van der Waals surface area contributed by atoms with Crippen molar-refractivity contribution in [1.29, 1.82) is 0 Å². The van der Waals surface area contributed by atoms with Gasteiger partial charge < -0.3 is 15.1 Å². The Morgan fingerprint density at radius 1 is 1.10 bits per heavy atom. The molecule has 2 atom stereocenters. The van der Waals surface area contributed by atoms with E-state index in [0.717, 1.165) is 45.6 Å². The number of carbonyl (C=O) groups excluding carboxylic acids is 1. The second kappa shape index (κ2) is 9.35. The van der Waals surface area contributed by atoms with E-state index in [2.05, 4.69) is 35.9 Å². The molecule has 1 aliphatic heterocycles. The first-order valence-electron chi connectivity index (χ1n) is 8.35. The molecule has 0 bridgehead atoms.